The maximum Gasteiger partial charge on any atom is 0.151 e. The Morgan fingerprint density at radius 1 is 1.61 bits per heavy atom. The van der Waals surface area contributed by atoms with Crippen molar-refractivity contribution in [1.29, 1.82) is 0 Å². The Labute approximate surface area is 109 Å². The molecular formula is C14H21N3O. The van der Waals surface area contributed by atoms with Crippen molar-refractivity contribution in [3.63, 3.8) is 0 Å². The molecule has 0 bridgehead atoms. The summed E-state index contributed by atoms with van der Waals surface area (Å²) in [5, 5.41) is 7.49. The molecule has 1 aromatic rings. The van der Waals surface area contributed by atoms with Gasteiger partial charge in [0.2, 0.25) is 0 Å². The molecule has 2 rings (SSSR count). The molecule has 0 unspecified atom stereocenters. The lowest BCUT2D eigenvalue weighted by Gasteiger charge is -2.16. The first-order valence-electron chi connectivity index (χ1n) is 6.65. The number of rotatable bonds is 8. The zero-order chi connectivity index (χ0) is 12.8. The molecule has 98 valence electrons. The van der Waals surface area contributed by atoms with Crippen LogP contribution in [0.25, 0.3) is 0 Å². The van der Waals surface area contributed by atoms with Gasteiger partial charge >= 0.3 is 0 Å². The third kappa shape index (κ3) is 4.17. The molecule has 0 aromatic carbocycles. The summed E-state index contributed by atoms with van der Waals surface area (Å²) in [6.07, 6.45) is 9.03. The first-order valence-corrected chi connectivity index (χ1v) is 6.65. The van der Waals surface area contributed by atoms with Crippen LogP contribution in [-0.4, -0.2) is 29.2 Å². The van der Waals surface area contributed by atoms with E-state index in [1.54, 1.807) is 0 Å². The molecule has 4 heteroatoms. The standard InChI is InChI=1S/C14H21N3O/c1-3-7-17(8-4-2)11-14-9-13(16-18-14)10-15-12-5-6-12/h1,9,12,15H,4-8,10-11H2,2H3. The largest absolute Gasteiger partial charge is 0.360 e. The molecule has 18 heavy (non-hydrogen) atoms. The van der Waals surface area contributed by atoms with Crippen LogP contribution in [0.15, 0.2) is 10.6 Å². The highest BCUT2D eigenvalue weighted by Gasteiger charge is 2.20. The van der Waals surface area contributed by atoms with E-state index >= 15 is 0 Å². The van der Waals surface area contributed by atoms with Crippen LogP contribution < -0.4 is 5.32 Å². The highest BCUT2D eigenvalue weighted by atomic mass is 16.5. The minimum atomic E-state index is 0.657. The van der Waals surface area contributed by atoms with Gasteiger partial charge in [0.15, 0.2) is 5.76 Å². The monoisotopic (exact) mass is 247 g/mol. The lowest BCUT2D eigenvalue weighted by Crippen LogP contribution is -2.24. The summed E-state index contributed by atoms with van der Waals surface area (Å²) in [6.45, 7) is 5.34. The summed E-state index contributed by atoms with van der Waals surface area (Å²) in [5.74, 6) is 3.57. The molecule has 0 saturated heterocycles. The van der Waals surface area contributed by atoms with Gasteiger partial charge in [-0.15, -0.1) is 6.42 Å². The number of terminal acetylenes is 1. The van der Waals surface area contributed by atoms with Crippen LogP contribution in [0.4, 0.5) is 0 Å². The van der Waals surface area contributed by atoms with Crippen LogP contribution in [-0.2, 0) is 13.1 Å². The quantitative estimate of drug-likeness (QED) is 0.711. The molecule has 1 N–H and O–H groups in total. The zero-order valence-corrected chi connectivity index (χ0v) is 11.0. The summed E-state index contributed by atoms with van der Waals surface area (Å²) in [6, 6.07) is 2.72. The molecule has 0 radical (unpaired) electrons. The predicted octanol–water partition coefficient (Wildman–Crippen LogP) is 1.77. The second-order valence-electron chi connectivity index (χ2n) is 4.85. The SMILES string of the molecule is C#CCN(CCC)Cc1cc(CNC2CC2)no1. The van der Waals surface area contributed by atoms with E-state index in [1.165, 1.54) is 12.8 Å². The molecule has 0 amide bonds. The predicted molar refractivity (Wildman–Crippen MR) is 70.8 cm³/mol. The van der Waals surface area contributed by atoms with Gasteiger partial charge in [-0.25, -0.2) is 0 Å². The molecule has 1 saturated carbocycles. The van der Waals surface area contributed by atoms with Crippen LogP contribution in [0.1, 0.15) is 37.6 Å². The van der Waals surface area contributed by atoms with Gasteiger partial charge in [0.1, 0.15) is 0 Å². The Kier molecular flexibility index (Phi) is 4.80. The van der Waals surface area contributed by atoms with Crippen molar-refractivity contribution >= 4 is 0 Å². The van der Waals surface area contributed by atoms with E-state index in [0.29, 0.717) is 12.6 Å². The Morgan fingerprint density at radius 2 is 2.44 bits per heavy atom. The number of aromatic nitrogens is 1. The van der Waals surface area contributed by atoms with Gasteiger partial charge in [0, 0.05) is 18.7 Å². The molecule has 1 aliphatic rings. The van der Waals surface area contributed by atoms with Crippen molar-refractivity contribution in [3.8, 4) is 12.3 Å². The van der Waals surface area contributed by atoms with Crippen molar-refractivity contribution in [2.45, 2.75) is 45.3 Å². The van der Waals surface area contributed by atoms with Crippen LogP contribution in [0.3, 0.4) is 0 Å². The lowest BCUT2D eigenvalue weighted by molar-refractivity contribution is 0.254. The smallest absolute Gasteiger partial charge is 0.151 e. The normalized spacial score (nSPS) is 14.9. The van der Waals surface area contributed by atoms with Crippen molar-refractivity contribution in [1.82, 2.24) is 15.4 Å². The third-order valence-corrected chi connectivity index (χ3v) is 2.99. The van der Waals surface area contributed by atoms with E-state index in [0.717, 1.165) is 37.5 Å². The summed E-state index contributed by atoms with van der Waals surface area (Å²) in [5.41, 5.74) is 0.981. The number of nitrogens with one attached hydrogen (secondary N) is 1. The highest BCUT2D eigenvalue weighted by Crippen LogP contribution is 2.19. The van der Waals surface area contributed by atoms with Gasteiger partial charge in [-0.05, 0) is 25.8 Å². The fraction of sp³-hybridized carbons (Fsp3) is 0.643. The molecule has 1 fully saturated rings. The summed E-state index contributed by atoms with van der Waals surface area (Å²) < 4.78 is 5.34. The van der Waals surface area contributed by atoms with Gasteiger partial charge < -0.3 is 9.84 Å². The van der Waals surface area contributed by atoms with E-state index in [1.807, 2.05) is 6.07 Å². The number of hydrogen-bond donors (Lipinski definition) is 1. The zero-order valence-electron chi connectivity index (χ0n) is 11.0. The van der Waals surface area contributed by atoms with Crippen molar-refractivity contribution < 1.29 is 4.52 Å². The van der Waals surface area contributed by atoms with E-state index in [-0.39, 0.29) is 0 Å². The maximum absolute atomic E-state index is 5.36. The van der Waals surface area contributed by atoms with Gasteiger partial charge in [0.25, 0.3) is 0 Å². The highest BCUT2D eigenvalue weighted by molar-refractivity contribution is 5.06. The summed E-state index contributed by atoms with van der Waals surface area (Å²) in [4.78, 5) is 2.19. The van der Waals surface area contributed by atoms with E-state index < -0.39 is 0 Å². The Balaban J connectivity index is 1.81. The molecule has 1 heterocycles. The second kappa shape index (κ2) is 6.58. The minimum Gasteiger partial charge on any atom is -0.360 e. The van der Waals surface area contributed by atoms with Crippen molar-refractivity contribution in [2.24, 2.45) is 0 Å². The minimum absolute atomic E-state index is 0.657. The number of nitrogens with zero attached hydrogens (tertiary/aromatic N) is 2. The number of hydrogen-bond acceptors (Lipinski definition) is 4. The average Bonchev–Trinajstić information content (AvgIpc) is 3.08. The fourth-order valence-electron chi connectivity index (χ4n) is 1.93. The van der Waals surface area contributed by atoms with Crippen molar-refractivity contribution in [3.05, 3.63) is 17.5 Å². The Bertz CT molecular complexity index is 403. The van der Waals surface area contributed by atoms with Gasteiger partial charge in [-0.1, -0.05) is 18.0 Å². The van der Waals surface area contributed by atoms with Crippen LogP contribution in [0.2, 0.25) is 0 Å². The van der Waals surface area contributed by atoms with Gasteiger partial charge in [-0.3, -0.25) is 4.90 Å². The molecular weight excluding hydrogens is 226 g/mol. The molecule has 0 atom stereocenters. The fourth-order valence-corrected chi connectivity index (χ4v) is 1.93. The van der Waals surface area contributed by atoms with E-state index in [9.17, 15) is 0 Å². The topological polar surface area (TPSA) is 41.3 Å². The van der Waals surface area contributed by atoms with E-state index in [4.69, 9.17) is 10.9 Å². The first kappa shape index (κ1) is 13.1. The Hall–Kier alpha value is -1.31. The van der Waals surface area contributed by atoms with Crippen molar-refractivity contribution in [2.75, 3.05) is 13.1 Å². The molecule has 0 spiro atoms. The van der Waals surface area contributed by atoms with Crippen LogP contribution in [0.5, 0.6) is 0 Å². The van der Waals surface area contributed by atoms with Gasteiger partial charge in [0.05, 0.1) is 18.8 Å². The first-order chi connectivity index (χ1) is 8.81. The molecule has 1 aliphatic carbocycles. The van der Waals surface area contributed by atoms with E-state index in [2.05, 4.69) is 28.2 Å². The maximum atomic E-state index is 5.36. The second-order valence-corrected chi connectivity index (χ2v) is 4.85. The Morgan fingerprint density at radius 3 is 3.11 bits per heavy atom. The third-order valence-electron chi connectivity index (χ3n) is 2.99. The van der Waals surface area contributed by atoms with Crippen LogP contribution in [0, 0.1) is 12.3 Å². The summed E-state index contributed by atoms with van der Waals surface area (Å²) >= 11 is 0. The molecule has 0 aliphatic heterocycles. The summed E-state index contributed by atoms with van der Waals surface area (Å²) in [7, 11) is 0. The van der Waals surface area contributed by atoms with Gasteiger partial charge in [-0.2, -0.15) is 0 Å². The average molecular weight is 247 g/mol. The lowest BCUT2D eigenvalue weighted by atomic mass is 10.3. The molecule has 4 nitrogen and oxygen atoms in total. The molecule has 1 aromatic heterocycles. The van der Waals surface area contributed by atoms with Crippen LogP contribution >= 0.6 is 0 Å².